The maximum Gasteiger partial charge on any atom is 0.0489 e. The summed E-state index contributed by atoms with van der Waals surface area (Å²) in [7, 11) is 0. The molecule has 0 aromatic carbocycles. The molecular weight excluding hydrogens is 188 g/mol. The number of rotatable bonds is 8. The van der Waals surface area contributed by atoms with Gasteiger partial charge in [0.05, 0.1) is 0 Å². The highest BCUT2D eigenvalue weighted by molar-refractivity contribution is 4.75. The van der Waals surface area contributed by atoms with E-state index in [9.17, 15) is 0 Å². The van der Waals surface area contributed by atoms with Gasteiger partial charge in [0.25, 0.3) is 0 Å². The van der Waals surface area contributed by atoms with Gasteiger partial charge in [0.15, 0.2) is 0 Å². The molecule has 1 aliphatic heterocycles. The van der Waals surface area contributed by atoms with Gasteiger partial charge in [0, 0.05) is 25.8 Å². The monoisotopic (exact) mass is 214 g/mol. The van der Waals surface area contributed by atoms with Crippen LogP contribution in [0.2, 0.25) is 0 Å². The first kappa shape index (κ1) is 12.9. The van der Waals surface area contributed by atoms with E-state index in [1.54, 1.807) is 0 Å². The zero-order chi connectivity index (χ0) is 10.9. The Morgan fingerprint density at radius 1 is 1.47 bits per heavy atom. The Morgan fingerprint density at radius 2 is 2.33 bits per heavy atom. The van der Waals surface area contributed by atoms with Crippen LogP contribution in [-0.4, -0.2) is 38.9 Å². The molecular formula is C12H26N2O. The van der Waals surface area contributed by atoms with E-state index in [2.05, 4.69) is 24.5 Å². The summed E-state index contributed by atoms with van der Waals surface area (Å²) in [6.07, 6.45) is 3.79. The van der Waals surface area contributed by atoms with Crippen molar-refractivity contribution in [3.63, 3.8) is 0 Å². The molecule has 0 spiro atoms. The Morgan fingerprint density at radius 3 is 3.00 bits per heavy atom. The highest BCUT2D eigenvalue weighted by Crippen LogP contribution is 2.02. The zero-order valence-corrected chi connectivity index (χ0v) is 10.2. The third kappa shape index (κ3) is 6.88. The standard InChI is InChI=1S/C12H26N2O/c1-11(2)10-15-8-4-6-13-9-12-5-3-7-14-12/h11-14H,3-10H2,1-2H3. The van der Waals surface area contributed by atoms with Crippen molar-refractivity contribution >= 4 is 0 Å². The molecule has 1 rings (SSSR count). The highest BCUT2D eigenvalue weighted by Gasteiger charge is 2.12. The van der Waals surface area contributed by atoms with Gasteiger partial charge in [0.1, 0.15) is 0 Å². The van der Waals surface area contributed by atoms with Crippen LogP contribution < -0.4 is 10.6 Å². The molecule has 0 aromatic rings. The molecule has 0 aliphatic carbocycles. The van der Waals surface area contributed by atoms with Crippen molar-refractivity contribution in [3.05, 3.63) is 0 Å². The van der Waals surface area contributed by atoms with Crippen LogP contribution in [0.3, 0.4) is 0 Å². The van der Waals surface area contributed by atoms with Crippen molar-refractivity contribution < 1.29 is 4.74 Å². The Bertz CT molecular complexity index is 145. The molecule has 1 saturated heterocycles. The van der Waals surface area contributed by atoms with Crippen LogP contribution >= 0.6 is 0 Å². The van der Waals surface area contributed by atoms with Gasteiger partial charge in [-0.2, -0.15) is 0 Å². The highest BCUT2D eigenvalue weighted by atomic mass is 16.5. The van der Waals surface area contributed by atoms with Gasteiger partial charge in [0.2, 0.25) is 0 Å². The molecule has 0 radical (unpaired) electrons. The van der Waals surface area contributed by atoms with Crippen LogP contribution in [0.5, 0.6) is 0 Å². The minimum Gasteiger partial charge on any atom is -0.381 e. The van der Waals surface area contributed by atoms with E-state index in [1.165, 1.54) is 19.4 Å². The molecule has 15 heavy (non-hydrogen) atoms. The summed E-state index contributed by atoms with van der Waals surface area (Å²) in [6.45, 7) is 9.55. The minimum atomic E-state index is 0.653. The molecule has 1 aliphatic rings. The van der Waals surface area contributed by atoms with E-state index < -0.39 is 0 Å². The maximum atomic E-state index is 5.51. The van der Waals surface area contributed by atoms with E-state index in [4.69, 9.17) is 4.74 Å². The second-order valence-electron chi connectivity index (χ2n) is 4.82. The molecule has 0 bridgehead atoms. The maximum absolute atomic E-state index is 5.51. The fourth-order valence-electron chi connectivity index (χ4n) is 1.83. The van der Waals surface area contributed by atoms with Gasteiger partial charge < -0.3 is 15.4 Å². The summed E-state index contributed by atoms with van der Waals surface area (Å²) in [4.78, 5) is 0. The first-order valence-corrected chi connectivity index (χ1v) is 6.31. The molecule has 0 amide bonds. The SMILES string of the molecule is CC(C)COCCCNCC1CCCN1. The molecule has 1 atom stereocenters. The third-order valence-corrected chi connectivity index (χ3v) is 2.65. The normalized spacial score (nSPS) is 21.4. The van der Waals surface area contributed by atoms with Crippen LogP contribution in [0.1, 0.15) is 33.1 Å². The summed E-state index contributed by atoms with van der Waals surface area (Å²) >= 11 is 0. The Balaban J connectivity index is 1.76. The molecule has 2 N–H and O–H groups in total. The van der Waals surface area contributed by atoms with Gasteiger partial charge in [-0.3, -0.25) is 0 Å². The number of hydrogen-bond acceptors (Lipinski definition) is 3. The van der Waals surface area contributed by atoms with E-state index >= 15 is 0 Å². The molecule has 90 valence electrons. The van der Waals surface area contributed by atoms with Crippen molar-refractivity contribution in [2.75, 3.05) is 32.8 Å². The summed E-state index contributed by atoms with van der Waals surface area (Å²) in [6, 6.07) is 0.710. The van der Waals surface area contributed by atoms with Gasteiger partial charge in [-0.05, 0) is 38.3 Å². The quantitative estimate of drug-likeness (QED) is 0.599. The lowest BCUT2D eigenvalue weighted by atomic mass is 10.2. The van der Waals surface area contributed by atoms with Crippen molar-refractivity contribution in [3.8, 4) is 0 Å². The molecule has 1 fully saturated rings. The summed E-state index contributed by atoms with van der Waals surface area (Å²) in [5.41, 5.74) is 0. The molecule has 1 heterocycles. The van der Waals surface area contributed by atoms with E-state index in [-0.39, 0.29) is 0 Å². The summed E-state index contributed by atoms with van der Waals surface area (Å²) < 4.78 is 5.51. The number of hydrogen-bond donors (Lipinski definition) is 2. The third-order valence-electron chi connectivity index (χ3n) is 2.65. The van der Waals surface area contributed by atoms with Crippen LogP contribution in [0, 0.1) is 5.92 Å². The van der Waals surface area contributed by atoms with Crippen LogP contribution in [0.25, 0.3) is 0 Å². The van der Waals surface area contributed by atoms with E-state index in [0.717, 1.165) is 32.7 Å². The Hall–Kier alpha value is -0.120. The molecule has 1 unspecified atom stereocenters. The summed E-state index contributed by atoms with van der Waals surface area (Å²) in [5.74, 6) is 0.653. The molecule has 3 heteroatoms. The average molecular weight is 214 g/mol. The summed E-state index contributed by atoms with van der Waals surface area (Å²) in [5, 5.41) is 6.95. The fraction of sp³-hybridized carbons (Fsp3) is 1.00. The predicted octanol–water partition coefficient (Wildman–Crippen LogP) is 1.39. The first-order valence-electron chi connectivity index (χ1n) is 6.31. The Kier molecular flexibility index (Phi) is 6.98. The second-order valence-corrected chi connectivity index (χ2v) is 4.82. The Labute approximate surface area is 94.0 Å². The topological polar surface area (TPSA) is 33.3 Å². The van der Waals surface area contributed by atoms with Gasteiger partial charge in [-0.1, -0.05) is 13.8 Å². The first-order chi connectivity index (χ1) is 7.29. The lowest BCUT2D eigenvalue weighted by Gasteiger charge is -2.11. The van der Waals surface area contributed by atoms with Gasteiger partial charge >= 0.3 is 0 Å². The van der Waals surface area contributed by atoms with Crippen LogP contribution in [0.15, 0.2) is 0 Å². The zero-order valence-electron chi connectivity index (χ0n) is 10.2. The van der Waals surface area contributed by atoms with Gasteiger partial charge in [-0.15, -0.1) is 0 Å². The van der Waals surface area contributed by atoms with E-state index in [0.29, 0.717) is 12.0 Å². The van der Waals surface area contributed by atoms with Gasteiger partial charge in [-0.25, -0.2) is 0 Å². The minimum absolute atomic E-state index is 0.653. The van der Waals surface area contributed by atoms with Crippen molar-refractivity contribution in [1.82, 2.24) is 10.6 Å². The van der Waals surface area contributed by atoms with Crippen LogP contribution in [0.4, 0.5) is 0 Å². The van der Waals surface area contributed by atoms with Crippen molar-refractivity contribution in [2.45, 2.75) is 39.2 Å². The smallest absolute Gasteiger partial charge is 0.0489 e. The second kappa shape index (κ2) is 8.08. The lowest BCUT2D eigenvalue weighted by Crippen LogP contribution is -2.34. The van der Waals surface area contributed by atoms with E-state index in [1.807, 2.05) is 0 Å². The molecule has 3 nitrogen and oxygen atoms in total. The number of nitrogens with one attached hydrogen (secondary N) is 2. The largest absolute Gasteiger partial charge is 0.381 e. The fourth-order valence-corrected chi connectivity index (χ4v) is 1.83. The van der Waals surface area contributed by atoms with Crippen LogP contribution in [-0.2, 0) is 4.74 Å². The number of ether oxygens (including phenoxy) is 1. The van der Waals surface area contributed by atoms with Crippen molar-refractivity contribution in [1.29, 1.82) is 0 Å². The lowest BCUT2D eigenvalue weighted by molar-refractivity contribution is 0.108. The average Bonchev–Trinajstić information content (AvgIpc) is 2.68. The molecule has 0 saturated carbocycles. The molecule has 0 aromatic heterocycles. The van der Waals surface area contributed by atoms with Crippen molar-refractivity contribution in [2.24, 2.45) is 5.92 Å². The predicted molar refractivity (Wildman–Crippen MR) is 64.2 cm³/mol.